The molecule has 2 aromatic rings. The molecule has 0 N–H and O–H groups in total. The largest absolute Gasteiger partial charge is 0.573 e. The van der Waals surface area contributed by atoms with Crippen LogP contribution in [0.2, 0.25) is 5.02 Å². The molecule has 1 heterocycles. The van der Waals surface area contributed by atoms with Crippen LogP contribution in [-0.2, 0) is 19.5 Å². The summed E-state index contributed by atoms with van der Waals surface area (Å²) in [6.07, 6.45) is -2.86. The molecule has 2 aromatic carbocycles. The van der Waals surface area contributed by atoms with Gasteiger partial charge in [-0.25, -0.2) is 0 Å². The minimum Gasteiger partial charge on any atom is -0.406 e. The molecule has 4 nitrogen and oxygen atoms in total. The fourth-order valence-electron chi connectivity index (χ4n) is 3.41. The monoisotopic (exact) mass is 426 g/mol. The van der Waals surface area contributed by atoms with E-state index < -0.39 is 6.36 Å². The van der Waals surface area contributed by atoms with E-state index >= 15 is 0 Å². The topological polar surface area (TPSA) is 32.8 Å². The Labute approximate surface area is 172 Å². The highest BCUT2D eigenvalue weighted by Gasteiger charge is 2.32. The van der Waals surface area contributed by atoms with Crippen LogP contribution in [0.3, 0.4) is 0 Å². The van der Waals surface area contributed by atoms with Gasteiger partial charge in [-0.05, 0) is 68.4 Å². The Bertz CT molecular complexity index is 883. The quantitative estimate of drug-likeness (QED) is 0.632. The number of carbonyl (C=O) groups is 1. The van der Waals surface area contributed by atoms with Gasteiger partial charge in [0.1, 0.15) is 5.75 Å². The van der Waals surface area contributed by atoms with Crippen molar-refractivity contribution in [3.63, 3.8) is 0 Å². The Kier molecular flexibility index (Phi) is 6.39. The molecule has 29 heavy (non-hydrogen) atoms. The summed E-state index contributed by atoms with van der Waals surface area (Å²) in [5.41, 5.74) is 3.21. The maximum absolute atomic E-state index is 12.8. The highest BCUT2D eigenvalue weighted by molar-refractivity contribution is 6.34. The highest BCUT2D eigenvalue weighted by Crippen LogP contribution is 2.32. The summed E-state index contributed by atoms with van der Waals surface area (Å²) < 4.78 is 40.7. The van der Waals surface area contributed by atoms with Gasteiger partial charge in [-0.2, -0.15) is 0 Å². The fraction of sp³-hybridized carbons (Fsp3) is 0.381. The molecule has 0 aromatic heterocycles. The number of alkyl halides is 3. The molecule has 1 aliphatic rings. The third kappa shape index (κ3) is 5.64. The van der Waals surface area contributed by atoms with Gasteiger partial charge in [0.05, 0.1) is 10.6 Å². The Hall–Kier alpha value is -2.25. The lowest BCUT2D eigenvalue weighted by Crippen LogP contribution is -2.23. The third-order valence-electron chi connectivity index (χ3n) is 4.70. The number of nitrogens with zero attached hydrogens (tertiary/aromatic N) is 2. The molecular formula is C21H22ClF3N2O2. The van der Waals surface area contributed by atoms with Crippen molar-refractivity contribution in [2.24, 2.45) is 0 Å². The zero-order valence-electron chi connectivity index (χ0n) is 16.2. The summed E-state index contributed by atoms with van der Waals surface area (Å²) in [5, 5.41) is 0.448. The van der Waals surface area contributed by atoms with Gasteiger partial charge in [0.15, 0.2) is 0 Å². The summed E-state index contributed by atoms with van der Waals surface area (Å²) in [7, 11) is 4.04. The first-order valence-electron chi connectivity index (χ1n) is 9.22. The summed E-state index contributed by atoms with van der Waals surface area (Å²) in [6.45, 7) is 1.68. The zero-order chi connectivity index (χ0) is 21.2. The first-order valence-corrected chi connectivity index (χ1v) is 9.60. The zero-order valence-corrected chi connectivity index (χ0v) is 17.0. The highest BCUT2D eigenvalue weighted by atomic mass is 35.5. The maximum Gasteiger partial charge on any atom is 0.573 e. The van der Waals surface area contributed by atoms with E-state index in [1.54, 1.807) is 4.90 Å². The molecule has 0 saturated carbocycles. The summed E-state index contributed by atoms with van der Waals surface area (Å²) in [5.74, 6) is -0.455. The van der Waals surface area contributed by atoms with E-state index in [1.807, 2.05) is 26.2 Å². The number of hydrogen-bond acceptors (Lipinski definition) is 3. The van der Waals surface area contributed by atoms with Crippen LogP contribution in [0, 0.1) is 0 Å². The second-order valence-electron chi connectivity index (χ2n) is 7.37. The van der Waals surface area contributed by atoms with Crippen molar-refractivity contribution in [3.05, 3.63) is 63.7 Å². The van der Waals surface area contributed by atoms with Crippen molar-refractivity contribution in [2.45, 2.75) is 32.3 Å². The SMILES string of the molecule is CN(C)CCCc1cc(Cl)c2c(c1)CN(Cc1ccc(OC(F)(F)F)cc1)C2=O. The van der Waals surface area contributed by atoms with Gasteiger partial charge >= 0.3 is 6.36 Å². The molecule has 0 aliphatic carbocycles. The summed E-state index contributed by atoms with van der Waals surface area (Å²) in [4.78, 5) is 16.5. The van der Waals surface area contributed by atoms with Crippen LogP contribution >= 0.6 is 11.6 Å². The van der Waals surface area contributed by atoms with Gasteiger partial charge in [0, 0.05) is 13.1 Å². The Morgan fingerprint density at radius 1 is 1.14 bits per heavy atom. The van der Waals surface area contributed by atoms with Crippen LogP contribution < -0.4 is 4.74 Å². The van der Waals surface area contributed by atoms with Crippen LogP contribution in [0.5, 0.6) is 5.75 Å². The Balaban J connectivity index is 1.67. The Morgan fingerprint density at radius 3 is 2.45 bits per heavy atom. The lowest BCUT2D eigenvalue weighted by molar-refractivity contribution is -0.274. The van der Waals surface area contributed by atoms with E-state index in [4.69, 9.17) is 11.6 Å². The number of rotatable bonds is 7. The average Bonchev–Trinajstić information content (AvgIpc) is 2.91. The van der Waals surface area contributed by atoms with Crippen molar-refractivity contribution >= 4 is 17.5 Å². The lowest BCUT2D eigenvalue weighted by Gasteiger charge is -2.16. The summed E-state index contributed by atoms with van der Waals surface area (Å²) >= 11 is 6.38. The van der Waals surface area contributed by atoms with Gasteiger partial charge in [0.2, 0.25) is 0 Å². The first kappa shape index (κ1) is 21.5. The van der Waals surface area contributed by atoms with Gasteiger partial charge in [-0.15, -0.1) is 13.2 Å². The van der Waals surface area contributed by atoms with Crippen LogP contribution in [0.4, 0.5) is 13.2 Å². The second-order valence-corrected chi connectivity index (χ2v) is 7.78. The van der Waals surface area contributed by atoms with Crippen molar-refractivity contribution in [2.75, 3.05) is 20.6 Å². The second kappa shape index (κ2) is 8.63. The summed E-state index contributed by atoms with van der Waals surface area (Å²) in [6, 6.07) is 9.39. The van der Waals surface area contributed by atoms with Crippen molar-refractivity contribution in [3.8, 4) is 5.75 Å². The minimum absolute atomic E-state index is 0.166. The molecule has 1 amide bonds. The van der Waals surface area contributed by atoms with E-state index in [0.717, 1.165) is 30.5 Å². The minimum atomic E-state index is -4.73. The molecule has 0 saturated heterocycles. The molecule has 0 unspecified atom stereocenters. The van der Waals surface area contributed by atoms with Gasteiger partial charge in [0.25, 0.3) is 5.91 Å². The number of amides is 1. The van der Waals surface area contributed by atoms with Crippen molar-refractivity contribution < 1.29 is 22.7 Å². The molecule has 1 aliphatic heterocycles. The van der Waals surface area contributed by atoms with E-state index in [1.165, 1.54) is 24.3 Å². The molecule has 3 rings (SSSR count). The maximum atomic E-state index is 12.8. The standard InChI is InChI=1S/C21H22ClF3N2O2/c1-26(2)9-3-4-15-10-16-13-27(20(28)19(16)18(22)11-15)12-14-5-7-17(8-6-14)29-21(23,24)25/h5-8,10-11H,3-4,9,12-13H2,1-2H3. The molecule has 156 valence electrons. The predicted molar refractivity (Wildman–Crippen MR) is 105 cm³/mol. The van der Waals surface area contributed by atoms with Crippen LogP contribution in [-0.4, -0.2) is 42.7 Å². The molecule has 8 heteroatoms. The number of benzene rings is 2. The Morgan fingerprint density at radius 2 is 1.83 bits per heavy atom. The van der Waals surface area contributed by atoms with Crippen molar-refractivity contribution in [1.82, 2.24) is 9.80 Å². The number of carbonyl (C=O) groups excluding carboxylic acids is 1. The number of ether oxygens (including phenoxy) is 1. The molecule has 0 atom stereocenters. The molecule has 0 bridgehead atoms. The van der Waals surface area contributed by atoms with E-state index in [-0.39, 0.29) is 18.2 Å². The smallest absolute Gasteiger partial charge is 0.406 e. The molecule has 0 fully saturated rings. The normalized spacial score (nSPS) is 13.9. The van der Waals surface area contributed by atoms with E-state index in [9.17, 15) is 18.0 Å². The molecular weight excluding hydrogens is 405 g/mol. The number of fused-ring (bicyclic) bond motifs is 1. The number of halogens is 4. The fourth-order valence-corrected chi connectivity index (χ4v) is 3.76. The van der Waals surface area contributed by atoms with Gasteiger partial charge in [-0.3, -0.25) is 4.79 Å². The lowest BCUT2D eigenvalue weighted by atomic mass is 10.0. The van der Waals surface area contributed by atoms with Crippen LogP contribution in [0.15, 0.2) is 36.4 Å². The predicted octanol–water partition coefficient (Wildman–Crippen LogP) is 4.89. The van der Waals surface area contributed by atoms with Gasteiger partial charge in [-0.1, -0.05) is 29.8 Å². The molecule has 0 radical (unpaired) electrons. The van der Waals surface area contributed by atoms with Crippen molar-refractivity contribution in [1.29, 1.82) is 0 Å². The molecule has 0 spiro atoms. The number of aryl methyl sites for hydroxylation is 1. The first-order chi connectivity index (χ1) is 13.6. The van der Waals surface area contributed by atoms with E-state index in [2.05, 4.69) is 9.64 Å². The van der Waals surface area contributed by atoms with Crippen LogP contribution in [0.25, 0.3) is 0 Å². The van der Waals surface area contributed by atoms with Gasteiger partial charge < -0.3 is 14.5 Å². The van der Waals surface area contributed by atoms with Crippen LogP contribution in [0.1, 0.15) is 33.5 Å². The average molecular weight is 427 g/mol. The van der Waals surface area contributed by atoms with E-state index in [0.29, 0.717) is 22.7 Å². The number of hydrogen-bond donors (Lipinski definition) is 0. The third-order valence-corrected chi connectivity index (χ3v) is 4.99.